The van der Waals surface area contributed by atoms with Crippen LogP contribution in [0.3, 0.4) is 0 Å². The zero-order valence-corrected chi connectivity index (χ0v) is 6.17. The highest BCUT2D eigenvalue weighted by Crippen LogP contribution is 2.23. The second-order valence-corrected chi connectivity index (χ2v) is 3.38. The van der Waals surface area contributed by atoms with Gasteiger partial charge >= 0.3 is 0 Å². The molecular weight excluding hydrogens is 112 g/mol. The average Bonchev–Trinajstić information content (AvgIpc) is 2.59. The van der Waals surface area contributed by atoms with Crippen LogP contribution in [-0.2, 0) is 0 Å². The lowest BCUT2D eigenvalue weighted by Gasteiger charge is -2.00. The molecule has 0 aromatic heterocycles. The Bertz CT molecular complexity index is 110. The monoisotopic (exact) mass is 126 g/mol. The summed E-state index contributed by atoms with van der Waals surface area (Å²) in [6, 6.07) is 1.75. The van der Waals surface area contributed by atoms with Gasteiger partial charge in [0.25, 0.3) is 0 Å². The minimum absolute atomic E-state index is 0.873. The molecule has 0 spiro atoms. The molecular formula is C7H14N2. The summed E-state index contributed by atoms with van der Waals surface area (Å²) in [7, 11) is 0. The second kappa shape index (κ2) is 1.70. The van der Waals surface area contributed by atoms with E-state index in [1.54, 1.807) is 0 Å². The zero-order valence-electron chi connectivity index (χ0n) is 6.17. The molecule has 4 atom stereocenters. The summed E-state index contributed by atoms with van der Waals surface area (Å²) in [5.41, 5.74) is 0. The third-order valence-corrected chi connectivity index (χ3v) is 2.34. The molecule has 4 unspecified atom stereocenters. The Balaban J connectivity index is 1.69. The van der Waals surface area contributed by atoms with E-state index in [2.05, 4.69) is 23.6 Å². The van der Waals surface area contributed by atoms with Crippen LogP contribution < -0.4 is 0 Å². The standard InChI is InChI=1S/C7H14N2/c1-6-3-8(6)5-9-4-7(9)2/h6-7H,3-5H2,1-2H3. The minimum Gasteiger partial charge on any atom is -0.285 e. The summed E-state index contributed by atoms with van der Waals surface area (Å²) in [5, 5.41) is 0. The van der Waals surface area contributed by atoms with Crippen LogP contribution in [0.1, 0.15) is 13.8 Å². The third kappa shape index (κ3) is 1.10. The van der Waals surface area contributed by atoms with Gasteiger partial charge in [0.2, 0.25) is 0 Å². The summed E-state index contributed by atoms with van der Waals surface area (Å²) in [6.45, 7) is 8.44. The van der Waals surface area contributed by atoms with Crippen molar-refractivity contribution in [2.75, 3.05) is 19.8 Å². The van der Waals surface area contributed by atoms with E-state index in [-0.39, 0.29) is 0 Å². The van der Waals surface area contributed by atoms with Crippen LogP contribution in [0.25, 0.3) is 0 Å². The van der Waals surface area contributed by atoms with Crippen molar-refractivity contribution >= 4 is 0 Å². The maximum absolute atomic E-state index is 2.49. The van der Waals surface area contributed by atoms with E-state index in [9.17, 15) is 0 Å². The molecule has 0 aromatic carbocycles. The van der Waals surface area contributed by atoms with E-state index in [0.717, 1.165) is 12.1 Å². The van der Waals surface area contributed by atoms with Crippen molar-refractivity contribution < 1.29 is 0 Å². The lowest BCUT2D eigenvalue weighted by molar-refractivity contribution is 0.359. The maximum Gasteiger partial charge on any atom is 0.0513 e. The van der Waals surface area contributed by atoms with E-state index in [0.29, 0.717) is 0 Å². The first kappa shape index (κ1) is 5.69. The van der Waals surface area contributed by atoms with Gasteiger partial charge in [-0.15, -0.1) is 0 Å². The van der Waals surface area contributed by atoms with Crippen molar-refractivity contribution in [1.29, 1.82) is 0 Å². The molecule has 0 aromatic rings. The van der Waals surface area contributed by atoms with Gasteiger partial charge in [-0.2, -0.15) is 0 Å². The van der Waals surface area contributed by atoms with Crippen LogP contribution in [0.2, 0.25) is 0 Å². The molecule has 0 N–H and O–H groups in total. The number of hydrogen-bond acceptors (Lipinski definition) is 2. The molecule has 52 valence electrons. The quantitative estimate of drug-likeness (QED) is 0.492. The van der Waals surface area contributed by atoms with Crippen LogP contribution >= 0.6 is 0 Å². The van der Waals surface area contributed by atoms with Crippen molar-refractivity contribution in [3.63, 3.8) is 0 Å². The molecule has 2 aliphatic heterocycles. The molecule has 9 heavy (non-hydrogen) atoms. The van der Waals surface area contributed by atoms with Gasteiger partial charge in [0.15, 0.2) is 0 Å². The Kier molecular flexibility index (Phi) is 1.08. The fraction of sp³-hybridized carbons (Fsp3) is 1.00. The molecule has 2 nitrogen and oxygen atoms in total. The molecule has 0 aliphatic carbocycles. The largest absolute Gasteiger partial charge is 0.285 e. The Hall–Kier alpha value is -0.0800. The molecule has 0 bridgehead atoms. The maximum atomic E-state index is 2.49. The molecule has 2 fully saturated rings. The van der Waals surface area contributed by atoms with Gasteiger partial charge in [0, 0.05) is 25.2 Å². The van der Waals surface area contributed by atoms with Gasteiger partial charge in [0.1, 0.15) is 0 Å². The van der Waals surface area contributed by atoms with Crippen molar-refractivity contribution in [2.45, 2.75) is 25.9 Å². The fourth-order valence-corrected chi connectivity index (χ4v) is 1.21. The van der Waals surface area contributed by atoms with Crippen LogP contribution in [-0.4, -0.2) is 41.6 Å². The Morgan fingerprint density at radius 1 is 1.11 bits per heavy atom. The highest BCUT2D eigenvalue weighted by Gasteiger charge is 2.37. The Morgan fingerprint density at radius 3 is 1.67 bits per heavy atom. The number of nitrogens with zero attached hydrogens (tertiary/aromatic N) is 2. The number of hydrogen-bond donors (Lipinski definition) is 0. The summed E-state index contributed by atoms with van der Waals surface area (Å²) < 4.78 is 0. The van der Waals surface area contributed by atoms with E-state index in [4.69, 9.17) is 0 Å². The van der Waals surface area contributed by atoms with Gasteiger partial charge in [0.05, 0.1) is 6.67 Å². The second-order valence-electron chi connectivity index (χ2n) is 3.38. The summed E-state index contributed by atoms with van der Waals surface area (Å²) in [6.07, 6.45) is 0. The van der Waals surface area contributed by atoms with Gasteiger partial charge in [-0.05, 0) is 13.8 Å². The van der Waals surface area contributed by atoms with E-state index < -0.39 is 0 Å². The normalized spacial score (nSPS) is 55.3. The minimum atomic E-state index is 0.873. The average molecular weight is 126 g/mol. The molecule has 0 amide bonds. The first-order valence-corrected chi connectivity index (χ1v) is 3.75. The van der Waals surface area contributed by atoms with Crippen molar-refractivity contribution in [3.05, 3.63) is 0 Å². The highest BCUT2D eigenvalue weighted by atomic mass is 15.5. The molecule has 2 rings (SSSR count). The molecule has 2 aliphatic rings. The van der Waals surface area contributed by atoms with Crippen molar-refractivity contribution in [3.8, 4) is 0 Å². The Morgan fingerprint density at radius 2 is 1.44 bits per heavy atom. The molecule has 2 heteroatoms. The van der Waals surface area contributed by atoms with Gasteiger partial charge in [-0.1, -0.05) is 0 Å². The van der Waals surface area contributed by atoms with Gasteiger partial charge in [-0.3, -0.25) is 9.80 Å². The molecule has 2 heterocycles. The van der Waals surface area contributed by atoms with Crippen molar-refractivity contribution in [2.24, 2.45) is 0 Å². The van der Waals surface area contributed by atoms with Crippen molar-refractivity contribution in [1.82, 2.24) is 9.80 Å². The predicted molar refractivity (Wildman–Crippen MR) is 37.2 cm³/mol. The molecule has 0 saturated carbocycles. The summed E-state index contributed by atoms with van der Waals surface area (Å²) >= 11 is 0. The molecule has 2 saturated heterocycles. The van der Waals surface area contributed by atoms with E-state index in [1.807, 2.05) is 0 Å². The third-order valence-electron chi connectivity index (χ3n) is 2.34. The predicted octanol–water partition coefficient (Wildman–Crippen LogP) is 0.352. The van der Waals surface area contributed by atoms with Gasteiger partial charge in [-0.25, -0.2) is 0 Å². The Labute approximate surface area is 56.4 Å². The SMILES string of the molecule is CC1CN1CN1CC1C. The number of rotatable bonds is 2. The summed E-state index contributed by atoms with van der Waals surface area (Å²) in [5.74, 6) is 0. The zero-order chi connectivity index (χ0) is 6.43. The first-order valence-electron chi connectivity index (χ1n) is 3.75. The smallest absolute Gasteiger partial charge is 0.0513 e. The fourth-order valence-electron chi connectivity index (χ4n) is 1.21. The van der Waals surface area contributed by atoms with E-state index >= 15 is 0 Å². The van der Waals surface area contributed by atoms with Crippen LogP contribution in [0.4, 0.5) is 0 Å². The summed E-state index contributed by atoms with van der Waals surface area (Å²) in [4.78, 5) is 4.98. The van der Waals surface area contributed by atoms with E-state index in [1.165, 1.54) is 19.8 Å². The highest BCUT2D eigenvalue weighted by molar-refractivity contribution is 4.91. The topological polar surface area (TPSA) is 6.02 Å². The lowest BCUT2D eigenvalue weighted by atomic mass is 10.6. The molecule has 0 radical (unpaired) electrons. The first-order chi connectivity index (χ1) is 4.27. The lowest BCUT2D eigenvalue weighted by Crippen LogP contribution is -2.12. The van der Waals surface area contributed by atoms with Crippen LogP contribution in [0.5, 0.6) is 0 Å². The van der Waals surface area contributed by atoms with Gasteiger partial charge < -0.3 is 0 Å². The van der Waals surface area contributed by atoms with Crippen LogP contribution in [0.15, 0.2) is 0 Å². The van der Waals surface area contributed by atoms with Crippen LogP contribution in [0, 0.1) is 0 Å².